The number of carbonyl (C=O) groups excluding carboxylic acids is 1. The van der Waals surface area contributed by atoms with Crippen molar-refractivity contribution in [3.63, 3.8) is 0 Å². The van der Waals surface area contributed by atoms with E-state index in [0.29, 0.717) is 19.5 Å². The van der Waals surface area contributed by atoms with E-state index in [-0.39, 0.29) is 23.9 Å². The van der Waals surface area contributed by atoms with Crippen molar-refractivity contribution in [2.24, 2.45) is 11.7 Å². The number of pyridine rings is 1. The fourth-order valence-electron chi connectivity index (χ4n) is 2.21. The molecule has 1 aromatic heterocycles. The number of nitrogens with two attached hydrogens (primary N) is 1. The van der Waals surface area contributed by atoms with Gasteiger partial charge in [-0.15, -0.1) is 0 Å². The molecule has 1 aliphatic rings. The standard InChI is InChI=1S/C12H14F3N3O2/c13-12(14,15)9-2-1-8(10(16)20)11(17-9)18-4-3-7(5-18)6-19/h1-2,7,19H,3-6H2,(H2,16,20). The van der Waals surface area contributed by atoms with Crippen LogP contribution in [0.2, 0.25) is 0 Å². The highest BCUT2D eigenvalue weighted by Crippen LogP contribution is 2.32. The smallest absolute Gasteiger partial charge is 0.396 e. The van der Waals surface area contributed by atoms with E-state index in [1.54, 1.807) is 4.90 Å². The minimum atomic E-state index is -4.58. The van der Waals surface area contributed by atoms with Crippen LogP contribution >= 0.6 is 0 Å². The van der Waals surface area contributed by atoms with E-state index in [9.17, 15) is 18.0 Å². The molecule has 1 unspecified atom stereocenters. The summed E-state index contributed by atoms with van der Waals surface area (Å²) < 4.78 is 38.1. The van der Waals surface area contributed by atoms with Crippen molar-refractivity contribution < 1.29 is 23.1 Å². The lowest BCUT2D eigenvalue weighted by molar-refractivity contribution is -0.141. The maximum absolute atomic E-state index is 12.7. The zero-order valence-corrected chi connectivity index (χ0v) is 10.5. The highest BCUT2D eigenvalue weighted by atomic mass is 19.4. The van der Waals surface area contributed by atoms with Crippen LogP contribution in [0.15, 0.2) is 12.1 Å². The van der Waals surface area contributed by atoms with Crippen molar-refractivity contribution >= 4 is 11.7 Å². The maximum atomic E-state index is 12.7. The highest BCUT2D eigenvalue weighted by Gasteiger charge is 2.35. The number of aromatic nitrogens is 1. The zero-order chi connectivity index (χ0) is 14.9. The minimum absolute atomic E-state index is 0.0351. The molecule has 1 saturated heterocycles. The molecule has 1 fully saturated rings. The third kappa shape index (κ3) is 2.84. The number of halogens is 3. The molecule has 1 aromatic rings. The number of anilines is 1. The molecule has 0 radical (unpaired) electrons. The summed E-state index contributed by atoms with van der Waals surface area (Å²) in [7, 11) is 0. The number of amides is 1. The lowest BCUT2D eigenvalue weighted by atomic mass is 10.1. The Morgan fingerprint density at radius 2 is 2.20 bits per heavy atom. The average molecular weight is 289 g/mol. The zero-order valence-electron chi connectivity index (χ0n) is 10.5. The molecular weight excluding hydrogens is 275 g/mol. The van der Waals surface area contributed by atoms with Crippen molar-refractivity contribution in [2.45, 2.75) is 12.6 Å². The van der Waals surface area contributed by atoms with Crippen molar-refractivity contribution in [1.29, 1.82) is 0 Å². The van der Waals surface area contributed by atoms with Gasteiger partial charge in [0, 0.05) is 25.6 Å². The van der Waals surface area contributed by atoms with Gasteiger partial charge in [-0.25, -0.2) is 4.98 Å². The fourth-order valence-corrected chi connectivity index (χ4v) is 2.21. The van der Waals surface area contributed by atoms with Crippen LogP contribution in [0.5, 0.6) is 0 Å². The molecule has 0 aliphatic carbocycles. The summed E-state index contributed by atoms with van der Waals surface area (Å²) in [6, 6.07) is 1.78. The van der Waals surface area contributed by atoms with Crippen LogP contribution in [-0.4, -0.2) is 35.7 Å². The van der Waals surface area contributed by atoms with Crippen molar-refractivity contribution in [1.82, 2.24) is 4.98 Å². The number of aliphatic hydroxyl groups is 1. The van der Waals surface area contributed by atoms with Crippen LogP contribution in [-0.2, 0) is 6.18 Å². The molecule has 3 N–H and O–H groups in total. The average Bonchev–Trinajstić information content (AvgIpc) is 2.85. The Labute approximate surface area is 113 Å². The highest BCUT2D eigenvalue weighted by molar-refractivity contribution is 5.97. The predicted molar refractivity (Wildman–Crippen MR) is 65.2 cm³/mol. The number of nitrogens with zero attached hydrogens (tertiary/aromatic N) is 2. The summed E-state index contributed by atoms with van der Waals surface area (Å²) in [5.41, 5.74) is 4.06. The lowest BCUT2D eigenvalue weighted by Crippen LogP contribution is -2.27. The first-order valence-corrected chi connectivity index (χ1v) is 6.06. The number of hydrogen-bond acceptors (Lipinski definition) is 4. The van der Waals surface area contributed by atoms with Gasteiger partial charge in [0.1, 0.15) is 11.5 Å². The number of aliphatic hydroxyl groups excluding tert-OH is 1. The van der Waals surface area contributed by atoms with Gasteiger partial charge in [-0.05, 0) is 18.6 Å². The number of alkyl halides is 3. The molecule has 1 atom stereocenters. The topological polar surface area (TPSA) is 79.5 Å². The van der Waals surface area contributed by atoms with Crippen molar-refractivity contribution in [3.8, 4) is 0 Å². The van der Waals surface area contributed by atoms with Crippen molar-refractivity contribution in [2.75, 3.05) is 24.6 Å². The van der Waals surface area contributed by atoms with E-state index in [2.05, 4.69) is 4.98 Å². The molecule has 2 rings (SSSR count). The lowest BCUT2D eigenvalue weighted by Gasteiger charge is -2.21. The predicted octanol–water partition coefficient (Wildman–Crippen LogP) is 1.02. The van der Waals surface area contributed by atoms with Gasteiger partial charge in [0.15, 0.2) is 0 Å². The van der Waals surface area contributed by atoms with Gasteiger partial charge in [-0.2, -0.15) is 13.2 Å². The van der Waals surface area contributed by atoms with Gasteiger partial charge < -0.3 is 15.7 Å². The molecule has 1 amide bonds. The number of rotatable bonds is 3. The van der Waals surface area contributed by atoms with Crippen LogP contribution in [0.3, 0.4) is 0 Å². The monoisotopic (exact) mass is 289 g/mol. The third-order valence-corrected chi connectivity index (χ3v) is 3.27. The Hall–Kier alpha value is -1.83. The summed E-state index contributed by atoms with van der Waals surface area (Å²) in [5.74, 6) is -0.927. The van der Waals surface area contributed by atoms with Gasteiger partial charge >= 0.3 is 6.18 Å². The Balaban J connectivity index is 2.40. The quantitative estimate of drug-likeness (QED) is 0.870. The normalized spacial score (nSPS) is 19.4. The number of primary amides is 1. The van der Waals surface area contributed by atoms with Crippen LogP contribution in [0.4, 0.5) is 19.0 Å². The summed E-state index contributed by atoms with van der Waals surface area (Å²) >= 11 is 0. The Kier molecular flexibility index (Phi) is 3.85. The summed E-state index contributed by atoms with van der Waals surface area (Å²) in [4.78, 5) is 16.4. The van der Waals surface area contributed by atoms with E-state index >= 15 is 0 Å². The molecule has 110 valence electrons. The fraction of sp³-hybridized carbons (Fsp3) is 0.500. The maximum Gasteiger partial charge on any atom is 0.433 e. The Morgan fingerprint density at radius 1 is 1.50 bits per heavy atom. The Morgan fingerprint density at radius 3 is 2.70 bits per heavy atom. The van der Waals surface area contributed by atoms with E-state index < -0.39 is 17.8 Å². The molecule has 0 aromatic carbocycles. The van der Waals surface area contributed by atoms with E-state index in [4.69, 9.17) is 10.8 Å². The van der Waals surface area contributed by atoms with Crippen LogP contribution in [0.25, 0.3) is 0 Å². The molecular formula is C12H14F3N3O2. The molecule has 2 heterocycles. The van der Waals surface area contributed by atoms with Crippen LogP contribution in [0.1, 0.15) is 22.5 Å². The first kappa shape index (κ1) is 14.6. The molecule has 5 nitrogen and oxygen atoms in total. The van der Waals surface area contributed by atoms with Crippen LogP contribution < -0.4 is 10.6 Å². The molecule has 1 aliphatic heterocycles. The van der Waals surface area contributed by atoms with E-state index in [0.717, 1.165) is 12.1 Å². The second-order valence-corrected chi connectivity index (χ2v) is 4.71. The summed E-state index contributed by atoms with van der Waals surface area (Å²) in [6.45, 7) is 0.728. The van der Waals surface area contributed by atoms with Crippen molar-refractivity contribution in [3.05, 3.63) is 23.4 Å². The van der Waals surface area contributed by atoms with Gasteiger partial charge in [0.25, 0.3) is 5.91 Å². The van der Waals surface area contributed by atoms with Gasteiger partial charge in [0.2, 0.25) is 0 Å². The molecule has 0 spiro atoms. The minimum Gasteiger partial charge on any atom is -0.396 e. The molecule has 0 bridgehead atoms. The summed E-state index contributed by atoms with van der Waals surface area (Å²) in [5, 5.41) is 9.07. The largest absolute Gasteiger partial charge is 0.433 e. The SMILES string of the molecule is NC(=O)c1ccc(C(F)(F)F)nc1N1CCC(CO)C1. The third-order valence-electron chi connectivity index (χ3n) is 3.27. The van der Waals surface area contributed by atoms with E-state index in [1.807, 2.05) is 0 Å². The van der Waals surface area contributed by atoms with Gasteiger partial charge in [0.05, 0.1) is 5.56 Å². The Bertz CT molecular complexity index is 519. The number of hydrogen-bond donors (Lipinski definition) is 2. The second-order valence-electron chi connectivity index (χ2n) is 4.71. The molecule has 8 heteroatoms. The molecule has 0 saturated carbocycles. The van der Waals surface area contributed by atoms with Gasteiger partial charge in [-0.3, -0.25) is 4.79 Å². The first-order valence-electron chi connectivity index (χ1n) is 6.06. The first-order chi connectivity index (χ1) is 9.32. The molecule has 20 heavy (non-hydrogen) atoms. The number of carbonyl (C=O) groups is 1. The second kappa shape index (κ2) is 5.28. The summed E-state index contributed by atoms with van der Waals surface area (Å²) in [6.07, 6.45) is -3.95. The van der Waals surface area contributed by atoms with Gasteiger partial charge in [-0.1, -0.05) is 0 Å². The van der Waals surface area contributed by atoms with E-state index in [1.165, 1.54) is 0 Å². The van der Waals surface area contributed by atoms with Crippen LogP contribution in [0, 0.1) is 5.92 Å².